The molecule has 1 heterocycles. The fraction of sp³-hybridized carbons (Fsp3) is 0.286. The molecule has 2 rings (SSSR count). The highest BCUT2D eigenvalue weighted by Crippen LogP contribution is 2.32. The number of non-ortho nitro benzene ring substituents is 1. The summed E-state index contributed by atoms with van der Waals surface area (Å²) >= 11 is 6.15. The highest BCUT2D eigenvalue weighted by molar-refractivity contribution is 6.33. The summed E-state index contributed by atoms with van der Waals surface area (Å²) in [5.74, 6) is -0.490. The van der Waals surface area contributed by atoms with E-state index in [0.717, 1.165) is 4.79 Å². The van der Waals surface area contributed by atoms with Crippen LogP contribution in [0.1, 0.15) is 36.8 Å². The maximum Gasteiger partial charge on any atom is 0.271 e. The molecule has 2 aromatic rings. The molecule has 3 N–H and O–H groups in total. The van der Waals surface area contributed by atoms with Crippen LogP contribution in [0, 0.1) is 10.1 Å². The van der Waals surface area contributed by atoms with Gasteiger partial charge in [-0.15, -0.1) is 0 Å². The highest BCUT2D eigenvalue weighted by Gasteiger charge is 2.25. The number of nitrogens with zero attached hydrogens (tertiary/aromatic N) is 3. The predicted molar refractivity (Wildman–Crippen MR) is 87.1 cm³/mol. The fourth-order valence-electron chi connectivity index (χ4n) is 1.90. The van der Waals surface area contributed by atoms with Crippen molar-refractivity contribution >= 4 is 29.0 Å². The van der Waals surface area contributed by atoms with Crippen LogP contribution in [0.15, 0.2) is 24.3 Å². The van der Waals surface area contributed by atoms with Crippen LogP contribution in [0.3, 0.4) is 0 Å². The van der Waals surface area contributed by atoms with E-state index in [9.17, 15) is 14.9 Å². The minimum absolute atomic E-state index is 0.0929. The van der Waals surface area contributed by atoms with Crippen molar-refractivity contribution in [2.24, 2.45) is 0 Å². The largest absolute Gasteiger partial charge is 0.381 e. The number of carbonyl (C=O) groups is 1. The number of benzene rings is 1. The summed E-state index contributed by atoms with van der Waals surface area (Å²) < 4.78 is 0. The Kier molecular flexibility index (Phi) is 4.28. The van der Waals surface area contributed by atoms with E-state index in [-0.39, 0.29) is 27.5 Å². The van der Waals surface area contributed by atoms with Crippen molar-refractivity contribution in [2.45, 2.75) is 26.2 Å². The number of nitro benzene ring substituents is 1. The number of carbonyl (C=O) groups excluding carboxylic acids is 1. The maximum atomic E-state index is 12.2. The van der Waals surface area contributed by atoms with E-state index in [1.54, 1.807) is 0 Å². The topological polar surface area (TPSA) is 116 Å². The first kappa shape index (κ1) is 16.8. The Labute approximate surface area is 137 Å². The van der Waals surface area contributed by atoms with Gasteiger partial charge in [0.25, 0.3) is 11.6 Å². The Bertz CT molecular complexity index is 779. The Morgan fingerprint density at radius 1 is 1.43 bits per heavy atom. The predicted octanol–water partition coefficient (Wildman–Crippen LogP) is 2.71. The van der Waals surface area contributed by atoms with E-state index >= 15 is 0 Å². The molecule has 8 nitrogen and oxygen atoms in total. The molecule has 1 amide bonds. The third-order valence-corrected chi connectivity index (χ3v) is 3.47. The van der Waals surface area contributed by atoms with Gasteiger partial charge >= 0.3 is 0 Å². The second-order valence-corrected chi connectivity index (χ2v) is 6.34. The molecule has 0 unspecified atom stereocenters. The van der Waals surface area contributed by atoms with Gasteiger partial charge in [0.05, 0.1) is 10.6 Å². The number of anilines is 1. The standard InChI is InChI=1S/C14H16ClN5O3/c1-14(2,3)11-10(15)12(16)19(17-11)18-13(21)8-5-4-6-9(7-8)20(22)23/h4-7H,16H2,1-3H3,(H,18,21). The van der Waals surface area contributed by atoms with Crippen molar-refractivity contribution in [3.63, 3.8) is 0 Å². The summed E-state index contributed by atoms with van der Waals surface area (Å²) in [5, 5.41) is 15.2. The van der Waals surface area contributed by atoms with E-state index in [4.69, 9.17) is 17.3 Å². The Balaban J connectivity index is 2.31. The molecule has 0 saturated heterocycles. The smallest absolute Gasteiger partial charge is 0.271 e. The number of aromatic nitrogens is 2. The third kappa shape index (κ3) is 3.42. The van der Waals surface area contributed by atoms with Gasteiger partial charge in [-0.1, -0.05) is 38.4 Å². The minimum atomic E-state index is -0.583. The van der Waals surface area contributed by atoms with Crippen LogP contribution in [0.5, 0.6) is 0 Å². The molecule has 0 bridgehead atoms. The van der Waals surface area contributed by atoms with Crippen LogP contribution in [-0.4, -0.2) is 20.7 Å². The lowest BCUT2D eigenvalue weighted by atomic mass is 9.92. The number of nitrogen functional groups attached to an aromatic ring is 1. The first-order chi connectivity index (χ1) is 10.6. The van der Waals surface area contributed by atoms with Crippen LogP contribution in [-0.2, 0) is 5.41 Å². The number of nitrogens with one attached hydrogen (secondary N) is 1. The maximum absolute atomic E-state index is 12.2. The van der Waals surface area contributed by atoms with Crippen molar-refractivity contribution in [1.29, 1.82) is 0 Å². The van der Waals surface area contributed by atoms with E-state index in [1.807, 2.05) is 20.8 Å². The van der Waals surface area contributed by atoms with Gasteiger partial charge in [-0.2, -0.15) is 9.89 Å². The van der Waals surface area contributed by atoms with Gasteiger partial charge in [-0.05, 0) is 6.07 Å². The van der Waals surface area contributed by atoms with E-state index in [0.29, 0.717) is 5.69 Å². The summed E-state index contributed by atoms with van der Waals surface area (Å²) in [5.41, 5.74) is 8.43. The second kappa shape index (κ2) is 5.88. The van der Waals surface area contributed by atoms with Gasteiger partial charge in [0.2, 0.25) is 0 Å². The molecule has 122 valence electrons. The summed E-state index contributed by atoms with van der Waals surface area (Å²) in [6.07, 6.45) is 0. The summed E-state index contributed by atoms with van der Waals surface area (Å²) in [6, 6.07) is 5.34. The molecule has 1 aromatic carbocycles. The summed E-state index contributed by atoms with van der Waals surface area (Å²) in [7, 11) is 0. The first-order valence-electron chi connectivity index (χ1n) is 6.71. The zero-order valence-corrected chi connectivity index (χ0v) is 13.6. The van der Waals surface area contributed by atoms with Crippen LogP contribution < -0.4 is 11.2 Å². The summed E-state index contributed by atoms with van der Waals surface area (Å²) in [6.45, 7) is 5.73. The van der Waals surface area contributed by atoms with Crippen LogP contribution >= 0.6 is 11.6 Å². The van der Waals surface area contributed by atoms with E-state index < -0.39 is 10.8 Å². The molecule has 1 aromatic heterocycles. The van der Waals surface area contributed by atoms with Crippen LogP contribution in [0.2, 0.25) is 5.02 Å². The minimum Gasteiger partial charge on any atom is -0.381 e. The molecular weight excluding hydrogens is 322 g/mol. The molecule has 0 aliphatic heterocycles. The quantitative estimate of drug-likeness (QED) is 0.659. The van der Waals surface area contributed by atoms with Crippen molar-refractivity contribution in [3.8, 4) is 0 Å². The Morgan fingerprint density at radius 2 is 2.09 bits per heavy atom. The average molecular weight is 338 g/mol. The van der Waals surface area contributed by atoms with Crippen LogP contribution in [0.4, 0.5) is 11.5 Å². The number of nitro groups is 1. The zero-order valence-electron chi connectivity index (χ0n) is 12.8. The number of rotatable bonds is 3. The van der Waals surface area contributed by atoms with Gasteiger partial charge in [0, 0.05) is 23.1 Å². The fourth-order valence-corrected chi connectivity index (χ4v) is 2.30. The summed E-state index contributed by atoms with van der Waals surface area (Å²) in [4.78, 5) is 23.5. The Hall–Kier alpha value is -2.61. The van der Waals surface area contributed by atoms with Crippen molar-refractivity contribution in [2.75, 3.05) is 11.2 Å². The zero-order chi connectivity index (χ0) is 17.4. The van der Waals surface area contributed by atoms with E-state index in [1.165, 1.54) is 24.3 Å². The number of hydrogen-bond acceptors (Lipinski definition) is 5. The number of amides is 1. The van der Waals surface area contributed by atoms with Crippen molar-refractivity contribution in [1.82, 2.24) is 9.89 Å². The average Bonchev–Trinajstić information content (AvgIpc) is 2.75. The van der Waals surface area contributed by atoms with Gasteiger partial charge < -0.3 is 5.73 Å². The lowest BCUT2D eigenvalue weighted by Gasteiger charge is -2.15. The van der Waals surface area contributed by atoms with Gasteiger partial charge in [0.15, 0.2) is 5.82 Å². The van der Waals surface area contributed by atoms with Gasteiger partial charge in [-0.3, -0.25) is 14.9 Å². The van der Waals surface area contributed by atoms with Crippen molar-refractivity contribution < 1.29 is 9.72 Å². The van der Waals surface area contributed by atoms with Gasteiger partial charge in [0.1, 0.15) is 5.02 Å². The molecule has 0 aliphatic rings. The van der Waals surface area contributed by atoms with Gasteiger partial charge in [-0.25, -0.2) is 5.43 Å². The highest BCUT2D eigenvalue weighted by atomic mass is 35.5. The molecule has 0 aliphatic carbocycles. The molecule has 0 radical (unpaired) electrons. The molecule has 0 atom stereocenters. The van der Waals surface area contributed by atoms with Crippen LogP contribution in [0.25, 0.3) is 0 Å². The molecule has 9 heteroatoms. The number of hydrogen-bond donors (Lipinski definition) is 2. The first-order valence-corrected chi connectivity index (χ1v) is 7.09. The molecule has 0 spiro atoms. The molecular formula is C14H16ClN5O3. The molecule has 0 fully saturated rings. The van der Waals surface area contributed by atoms with Crippen molar-refractivity contribution in [3.05, 3.63) is 50.7 Å². The lowest BCUT2D eigenvalue weighted by Crippen LogP contribution is -2.26. The normalized spacial score (nSPS) is 11.3. The number of halogens is 1. The second-order valence-electron chi connectivity index (χ2n) is 5.96. The third-order valence-electron chi connectivity index (χ3n) is 3.10. The lowest BCUT2D eigenvalue weighted by molar-refractivity contribution is -0.384. The SMILES string of the molecule is CC(C)(C)c1nn(NC(=O)c2cccc([N+](=O)[O-])c2)c(N)c1Cl. The number of nitrogens with two attached hydrogens (primary N) is 1. The monoisotopic (exact) mass is 337 g/mol. The molecule has 0 saturated carbocycles. The molecule has 23 heavy (non-hydrogen) atoms. The Morgan fingerprint density at radius 3 is 2.61 bits per heavy atom. The van der Waals surface area contributed by atoms with E-state index in [2.05, 4.69) is 10.5 Å².